The van der Waals surface area contributed by atoms with Gasteiger partial charge >= 0.3 is 6.09 Å². The zero-order valence-electron chi connectivity index (χ0n) is 13.4. The lowest BCUT2D eigenvalue weighted by Crippen LogP contribution is -2.46. The maximum atomic E-state index is 13.6. The molecule has 5 nitrogen and oxygen atoms in total. The first-order valence-electron chi connectivity index (χ1n) is 8.09. The van der Waals surface area contributed by atoms with Crippen molar-refractivity contribution in [1.82, 2.24) is 10.2 Å². The molecule has 0 aliphatic carbocycles. The average molecular weight is 322 g/mol. The Bertz CT molecular complexity index is 542. The van der Waals surface area contributed by atoms with Gasteiger partial charge in [0.1, 0.15) is 5.82 Å². The monoisotopic (exact) mass is 322 g/mol. The molecular weight excluding hydrogens is 299 g/mol. The molecule has 2 rings (SSSR count). The van der Waals surface area contributed by atoms with Crippen LogP contribution in [0.1, 0.15) is 43.0 Å². The summed E-state index contributed by atoms with van der Waals surface area (Å²) in [5.41, 5.74) is 0.0499. The molecule has 1 heterocycles. The van der Waals surface area contributed by atoms with Crippen LogP contribution in [0.15, 0.2) is 24.3 Å². The molecule has 126 valence electrons. The number of ether oxygens (including phenoxy) is 1. The molecular formula is C17H23FN2O3. The number of carbonyl (C=O) groups is 2. The van der Waals surface area contributed by atoms with Crippen LogP contribution in [0, 0.1) is 5.82 Å². The quantitative estimate of drug-likeness (QED) is 0.848. The molecule has 23 heavy (non-hydrogen) atoms. The van der Waals surface area contributed by atoms with Gasteiger partial charge < -0.3 is 15.0 Å². The molecule has 6 heteroatoms. The molecule has 0 saturated carbocycles. The van der Waals surface area contributed by atoms with E-state index < -0.39 is 11.7 Å². The first kappa shape index (κ1) is 17.2. The van der Waals surface area contributed by atoms with E-state index in [4.69, 9.17) is 4.74 Å². The van der Waals surface area contributed by atoms with Crippen molar-refractivity contribution in [3.63, 3.8) is 0 Å². The number of rotatable bonds is 5. The molecule has 1 aromatic carbocycles. The predicted octanol–water partition coefficient (Wildman–Crippen LogP) is 2.96. The molecule has 0 atom stereocenters. The fraction of sp³-hybridized carbons (Fsp3) is 0.529. The van der Waals surface area contributed by atoms with Crippen molar-refractivity contribution in [2.45, 2.75) is 38.6 Å². The van der Waals surface area contributed by atoms with Crippen LogP contribution >= 0.6 is 0 Å². The number of piperidine rings is 1. The van der Waals surface area contributed by atoms with Gasteiger partial charge in [-0.25, -0.2) is 9.18 Å². The van der Waals surface area contributed by atoms with E-state index in [1.54, 1.807) is 17.0 Å². The van der Waals surface area contributed by atoms with Crippen molar-refractivity contribution in [1.29, 1.82) is 0 Å². The third-order valence-electron chi connectivity index (χ3n) is 3.93. The summed E-state index contributed by atoms with van der Waals surface area (Å²) in [7, 11) is 0. The van der Waals surface area contributed by atoms with Gasteiger partial charge in [0.15, 0.2) is 0 Å². The molecule has 1 aliphatic rings. The fourth-order valence-electron chi connectivity index (χ4n) is 2.51. The van der Waals surface area contributed by atoms with Crippen LogP contribution in [-0.4, -0.2) is 42.6 Å². The molecule has 1 aromatic rings. The Kier molecular flexibility index (Phi) is 6.38. The summed E-state index contributed by atoms with van der Waals surface area (Å²) in [6.07, 6.45) is 2.84. The normalized spacial score (nSPS) is 15.3. The number of hydrogen-bond acceptors (Lipinski definition) is 3. The van der Waals surface area contributed by atoms with Gasteiger partial charge in [-0.1, -0.05) is 25.5 Å². The Labute approximate surface area is 135 Å². The standard InChI is InChI=1S/C17H23FN2O3/c1-2-3-12-23-17(22)20-10-8-13(9-11-20)19-16(21)14-6-4-5-7-15(14)18/h4-7,13H,2-3,8-12H2,1H3,(H,19,21). The number of nitrogens with one attached hydrogen (secondary N) is 1. The third-order valence-corrected chi connectivity index (χ3v) is 3.93. The second-order valence-corrected chi connectivity index (χ2v) is 5.68. The SMILES string of the molecule is CCCCOC(=O)N1CCC(NC(=O)c2ccccc2F)CC1. The van der Waals surface area contributed by atoms with Gasteiger partial charge in [-0.15, -0.1) is 0 Å². The first-order chi connectivity index (χ1) is 11.1. The van der Waals surface area contributed by atoms with Gasteiger partial charge in [-0.3, -0.25) is 4.79 Å². The van der Waals surface area contributed by atoms with Crippen LogP contribution < -0.4 is 5.32 Å². The molecule has 2 amide bonds. The summed E-state index contributed by atoms with van der Waals surface area (Å²) in [5, 5.41) is 2.83. The summed E-state index contributed by atoms with van der Waals surface area (Å²) in [5.74, 6) is -0.936. The topological polar surface area (TPSA) is 58.6 Å². The second kappa shape index (κ2) is 8.50. The fourth-order valence-corrected chi connectivity index (χ4v) is 2.51. The van der Waals surface area contributed by atoms with E-state index in [-0.39, 0.29) is 17.7 Å². The Balaban J connectivity index is 1.77. The summed E-state index contributed by atoms with van der Waals surface area (Å²) < 4.78 is 18.8. The van der Waals surface area contributed by atoms with E-state index in [0.29, 0.717) is 32.5 Å². The van der Waals surface area contributed by atoms with Gasteiger partial charge in [0, 0.05) is 19.1 Å². The average Bonchev–Trinajstić information content (AvgIpc) is 2.56. The zero-order valence-corrected chi connectivity index (χ0v) is 13.4. The van der Waals surface area contributed by atoms with Crippen molar-refractivity contribution in [2.75, 3.05) is 19.7 Å². The van der Waals surface area contributed by atoms with Crippen LogP contribution in [0.4, 0.5) is 9.18 Å². The zero-order chi connectivity index (χ0) is 16.7. The highest BCUT2D eigenvalue weighted by Gasteiger charge is 2.25. The minimum atomic E-state index is -0.526. The van der Waals surface area contributed by atoms with E-state index in [0.717, 1.165) is 12.8 Å². The number of unbranched alkanes of at least 4 members (excludes halogenated alkanes) is 1. The summed E-state index contributed by atoms with van der Waals surface area (Å²) >= 11 is 0. The van der Waals surface area contributed by atoms with Gasteiger partial charge in [-0.2, -0.15) is 0 Å². The maximum absolute atomic E-state index is 13.6. The lowest BCUT2D eigenvalue weighted by Gasteiger charge is -2.31. The molecule has 1 aliphatic heterocycles. The molecule has 0 aromatic heterocycles. The largest absolute Gasteiger partial charge is 0.449 e. The molecule has 0 bridgehead atoms. The Morgan fingerprint density at radius 1 is 1.30 bits per heavy atom. The summed E-state index contributed by atoms with van der Waals surface area (Å²) in [6.45, 7) is 3.55. The van der Waals surface area contributed by atoms with E-state index >= 15 is 0 Å². The third kappa shape index (κ3) is 4.94. The lowest BCUT2D eigenvalue weighted by molar-refractivity contribution is 0.0834. The van der Waals surface area contributed by atoms with Crippen LogP contribution in [0.25, 0.3) is 0 Å². The highest BCUT2D eigenvalue weighted by Crippen LogP contribution is 2.13. The number of amides is 2. The van der Waals surface area contributed by atoms with Crippen LogP contribution in [0.2, 0.25) is 0 Å². The first-order valence-corrected chi connectivity index (χ1v) is 8.09. The maximum Gasteiger partial charge on any atom is 0.409 e. The molecule has 0 unspecified atom stereocenters. The highest BCUT2D eigenvalue weighted by atomic mass is 19.1. The number of benzene rings is 1. The van der Waals surface area contributed by atoms with Crippen LogP contribution in [-0.2, 0) is 4.74 Å². The molecule has 0 radical (unpaired) electrons. The van der Waals surface area contributed by atoms with Crippen molar-refractivity contribution in [2.24, 2.45) is 0 Å². The van der Waals surface area contributed by atoms with E-state index in [9.17, 15) is 14.0 Å². The van der Waals surface area contributed by atoms with Crippen LogP contribution in [0.5, 0.6) is 0 Å². The van der Waals surface area contributed by atoms with E-state index in [2.05, 4.69) is 5.32 Å². The van der Waals surface area contributed by atoms with Gasteiger partial charge in [0.2, 0.25) is 0 Å². The second-order valence-electron chi connectivity index (χ2n) is 5.68. The van der Waals surface area contributed by atoms with Crippen LogP contribution in [0.3, 0.4) is 0 Å². The van der Waals surface area contributed by atoms with Gasteiger partial charge in [-0.05, 0) is 31.4 Å². The lowest BCUT2D eigenvalue weighted by atomic mass is 10.0. The number of halogens is 1. The minimum absolute atomic E-state index is 0.0499. The summed E-state index contributed by atoms with van der Waals surface area (Å²) in [4.78, 5) is 25.6. The summed E-state index contributed by atoms with van der Waals surface area (Å²) in [6, 6.07) is 5.86. The number of nitrogens with zero attached hydrogens (tertiary/aromatic N) is 1. The van der Waals surface area contributed by atoms with Crippen molar-refractivity contribution in [3.05, 3.63) is 35.6 Å². The van der Waals surface area contributed by atoms with Crippen molar-refractivity contribution >= 4 is 12.0 Å². The highest BCUT2D eigenvalue weighted by molar-refractivity contribution is 5.94. The minimum Gasteiger partial charge on any atom is -0.449 e. The Hall–Kier alpha value is -2.11. The van der Waals surface area contributed by atoms with E-state index in [1.807, 2.05) is 6.92 Å². The Morgan fingerprint density at radius 3 is 2.65 bits per heavy atom. The van der Waals surface area contributed by atoms with E-state index in [1.165, 1.54) is 12.1 Å². The van der Waals surface area contributed by atoms with Gasteiger partial charge in [0.25, 0.3) is 5.91 Å². The van der Waals surface area contributed by atoms with Gasteiger partial charge in [0.05, 0.1) is 12.2 Å². The number of hydrogen-bond donors (Lipinski definition) is 1. The van der Waals surface area contributed by atoms with Crippen molar-refractivity contribution < 1.29 is 18.7 Å². The predicted molar refractivity (Wildman–Crippen MR) is 84.7 cm³/mol. The Morgan fingerprint density at radius 2 is 2.00 bits per heavy atom. The molecule has 1 saturated heterocycles. The number of carbonyl (C=O) groups excluding carboxylic acids is 2. The smallest absolute Gasteiger partial charge is 0.409 e. The number of likely N-dealkylation sites (tertiary alicyclic amines) is 1. The molecule has 1 N–H and O–H groups in total. The van der Waals surface area contributed by atoms with Crippen molar-refractivity contribution in [3.8, 4) is 0 Å². The molecule has 1 fully saturated rings. The molecule has 0 spiro atoms.